The number of nitrogens with one attached hydrogen (secondary N) is 1. The standard InChI is InChI=1S/C12H27N3/c1-10(2)15(6-5-13)8-11-7-12(3,4)9-14-11/h10-11,14H,5-9,13H2,1-4H3. The van der Waals surface area contributed by atoms with E-state index in [1.54, 1.807) is 0 Å². The first-order valence-electron chi connectivity index (χ1n) is 6.12. The molecular weight excluding hydrogens is 186 g/mol. The summed E-state index contributed by atoms with van der Waals surface area (Å²) in [4.78, 5) is 2.47. The zero-order chi connectivity index (χ0) is 11.5. The zero-order valence-corrected chi connectivity index (χ0v) is 10.7. The summed E-state index contributed by atoms with van der Waals surface area (Å²) in [7, 11) is 0. The Bertz CT molecular complexity index is 189. The molecule has 1 fully saturated rings. The Hall–Kier alpha value is -0.120. The minimum absolute atomic E-state index is 0.468. The molecule has 15 heavy (non-hydrogen) atoms. The maximum absolute atomic E-state index is 5.63. The molecule has 0 aromatic carbocycles. The fourth-order valence-electron chi connectivity index (χ4n) is 2.37. The van der Waals surface area contributed by atoms with Gasteiger partial charge in [-0.2, -0.15) is 0 Å². The van der Waals surface area contributed by atoms with Crippen molar-refractivity contribution in [1.29, 1.82) is 0 Å². The zero-order valence-electron chi connectivity index (χ0n) is 10.7. The Morgan fingerprint density at radius 2 is 2.13 bits per heavy atom. The molecule has 1 atom stereocenters. The quantitative estimate of drug-likeness (QED) is 0.717. The van der Waals surface area contributed by atoms with Crippen LogP contribution in [-0.4, -0.2) is 43.2 Å². The lowest BCUT2D eigenvalue weighted by Gasteiger charge is -2.29. The molecule has 0 aliphatic carbocycles. The van der Waals surface area contributed by atoms with E-state index in [2.05, 4.69) is 37.9 Å². The van der Waals surface area contributed by atoms with Crippen LogP contribution in [0.5, 0.6) is 0 Å². The largest absolute Gasteiger partial charge is 0.329 e. The Kier molecular flexibility index (Phi) is 4.56. The van der Waals surface area contributed by atoms with Gasteiger partial charge >= 0.3 is 0 Å². The van der Waals surface area contributed by atoms with Crippen LogP contribution in [0.25, 0.3) is 0 Å². The molecule has 0 radical (unpaired) electrons. The molecular formula is C12H27N3. The average Bonchev–Trinajstić information content (AvgIpc) is 2.44. The Morgan fingerprint density at radius 1 is 1.47 bits per heavy atom. The van der Waals surface area contributed by atoms with Crippen molar-refractivity contribution in [2.75, 3.05) is 26.2 Å². The first-order chi connectivity index (χ1) is 6.94. The van der Waals surface area contributed by atoms with Gasteiger partial charge in [0.1, 0.15) is 0 Å². The molecule has 0 spiro atoms. The Balaban J connectivity index is 2.39. The van der Waals surface area contributed by atoms with Crippen molar-refractivity contribution in [3.05, 3.63) is 0 Å². The molecule has 90 valence electrons. The van der Waals surface area contributed by atoms with Gasteiger partial charge in [0.15, 0.2) is 0 Å². The second-order valence-electron chi connectivity index (χ2n) is 5.82. The van der Waals surface area contributed by atoms with Crippen molar-refractivity contribution in [2.45, 2.75) is 46.2 Å². The summed E-state index contributed by atoms with van der Waals surface area (Å²) in [6, 6.07) is 1.24. The van der Waals surface area contributed by atoms with Gasteiger partial charge < -0.3 is 11.1 Å². The van der Waals surface area contributed by atoms with E-state index < -0.39 is 0 Å². The van der Waals surface area contributed by atoms with E-state index in [9.17, 15) is 0 Å². The molecule has 0 aromatic rings. The van der Waals surface area contributed by atoms with Crippen LogP contribution in [-0.2, 0) is 0 Å². The molecule has 0 aromatic heterocycles. The highest BCUT2D eigenvalue weighted by molar-refractivity contribution is 4.89. The molecule has 3 heteroatoms. The predicted octanol–water partition coefficient (Wildman–Crippen LogP) is 1.04. The lowest BCUT2D eigenvalue weighted by atomic mass is 9.90. The molecule has 3 N–H and O–H groups in total. The van der Waals surface area contributed by atoms with Gasteiger partial charge in [0, 0.05) is 38.3 Å². The van der Waals surface area contributed by atoms with Crippen LogP contribution in [0.15, 0.2) is 0 Å². The van der Waals surface area contributed by atoms with Gasteiger partial charge in [0.2, 0.25) is 0 Å². The molecule has 0 amide bonds. The van der Waals surface area contributed by atoms with Gasteiger partial charge in [-0.25, -0.2) is 0 Å². The van der Waals surface area contributed by atoms with E-state index in [1.807, 2.05) is 0 Å². The van der Waals surface area contributed by atoms with Crippen molar-refractivity contribution in [1.82, 2.24) is 10.2 Å². The van der Waals surface area contributed by atoms with Crippen LogP contribution in [0.4, 0.5) is 0 Å². The minimum atomic E-state index is 0.468. The topological polar surface area (TPSA) is 41.3 Å². The lowest BCUT2D eigenvalue weighted by Crippen LogP contribution is -2.43. The molecule has 1 saturated heterocycles. The summed E-state index contributed by atoms with van der Waals surface area (Å²) in [5, 5.41) is 3.61. The van der Waals surface area contributed by atoms with Crippen LogP contribution in [0, 0.1) is 5.41 Å². The molecule has 1 unspecified atom stereocenters. The lowest BCUT2D eigenvalue weighted by molar-refractivity contribution is 0.205. The van der Waals surface area contributed by atoms with Gasteiger partial charge in [0.05, 0.1) is 0 Å². The normalized spacial score (nSPS) is 25.4. The second-order valence-corrected chi connectivity index (χ2v) is 5.82. The molecule has 1 aliphatic rings. The van der Waals surface area contributed by atoms with Gasteiger partial charge in [-0.3, -0.25) is 4.90 Å². The van der Waals surface area contributed by atoms with Crippen LogP contribution < -0.4 is 11.1 Å². The smallest absolute Gasteiger partial charge is 0.0200 e. The van der Waals surface area contributed by atoms with E-state index in [4.69, 9.17) is 5.73 Å². The summed E-state index contributed by atoms with van der Waals surface area (Å²) in [5.74, 6) is 0. The summed E-state index contributed by atoms with van der Waals surface area (Å²) in [5.41, 5.74) is 6.10. The highest BCUT2D eigenvalue weighted by Gasteiger charge is 2.31. The molecule has 1 rings (SSSR count). The van der Waals surface area contributed by atoms with Gasteiger partial charge in [-0.15, -0.1) is 0 Å². The van der Waals surface area contributed by atoms with Gasteiger partial charge in [0.25, 0.3) is 0 Å². The third-order valence-electron chi connectivity index (χ3n) is 3.27. The molecule has 3 nitrogen and oxygen atoms in total. The number of nitrogens with two attached hydrogens (primary N) is 1. The first kappa shape index (κ1) is 12.9. The number of nitrogens with zero attached hydrogens (tertiary/aromatic N) is 1. The van der Waals surface area contributed by atoms with Crippen LogP contribution >= 0.6 is 0 Å². The monoisotopic (exact) mass is 213 g/mol. The second kappa shape index (κ2) is 5.28. The molecule has 0 bridgehead atoms. The third-order valence-corrected chi connectivity index (χ3v) is 3.27. The summed E-state index contributed by atoms with van der Waals surface area (Å²) < 4.78 is 0. The van der Waals surface area contributed by atoms with E-state index in [1.165, 1.54) is 6.42 Å². The summed E-state index contributed by atoms with van der Waals surface area (Å²) >= 11 is 0. The molecule has 1 heterocycles. The van der Waals surface area contributed by atoms with E-state index in [0.717, 1.165) is 26.2 Å². The maximum Gasteiger partial charge on any atom is 0.0200 e. The summed E-state index contributed by atoms with van der Waals surface area (Å²) in [6.45, 7) is 13.2. The first-order valence-corrected chi connectivity index (χ1v) is 6.12. The number of hydrogen-bond acceptors (Lipinski definition) is 3. The SMILES string of the molecule is CC(C)N(CCN)CC1CC(C)(C)CN1. The van der Waals surface area contributed by atoms with Crippen LogP contribution in [0.2, 0.25) is 0 Å². The van der Waals surface area contributed by atoms with Crippen molar-refractivity contribution >= 4 is 0 Å². The summed E-state index contributed by atoms with van der Waals surface area (Å²) in [6.07, 6.45) is 1.28. The van der Waals surface area contributed by atoms with Crippen molar-refractivity contribution in [3.8, 4) is 0 Å². The Labute approximate surface area is 94.4 Å². The third kappa shape index (κ3) is 4.09. The van der Waals surface area contributed by atoms with Crippen molar-refractivity contribution in [3.63, 3.8) is 0 Å². The fraction of sp³-hybridized carbons (Fsp3) is 1.00. The van der Waals surface area contributed by atoms with Crippen LogP contribution in [0.1, 0.15) is 34.1 Å². The number of hydrogen-bond donors (Lipinski definition) is 2. The van der Waals surface area contributed by atoms with E-state index >= 15 is 0 Å². The predicted molar refractivity (Wildman–Crippen MR) is 66.0 cm³/mol. The highest BCUT2D eigenvalue weighted by atomic mass is 15.2. The van der Waals surface area contributed by atoms with Crippen molar-refractivity contribution < 1.29 is 0 Å². The number of rotatable bonds is 5. The molecule has 0 saturated carbocycles. The van der Waals surface area contributed by atoms with E-state index in [-0.39, 0.29) is 0 Å². The van der Waals surface area contributed by atoms with Gasteiger partial charge in [-0.05, 0) is 25.7 Å². The Morgan fingerprint density at radius 3 is 2.53 bits per heavy atom. The molecule has 1 aliphatic heterocycles. The minimum Gasteiger partial charge on any atom is -0.329 e. The van der Waals surface area contributed by atoms with Crippen molar-refractivity contribution in [2.24, 2.45) is 11.1 Å². The fourth-order valence-corrected chi connectivity index (χ4v) is 2.37. The van der Waals surface area contributed by atoms with E-state index in [0.29, 0.717) is 17.5 Å². The average molecular weight is 213 g/mol. The van der Waals surface area contributed by atoms with Crippen LogP contribution in [0.3, 0.4) is 0 Å². The highest BCUT2D eigenvalue weighted by Crippen LogP contribution is 2.27. The maximum atomic E-state index is 5.63. The van der Waals surface area contributed by atoms with Gasteiger partial charge in [-0.1, -0.05) is 13.8 Å².